The number of hydrogen-bond donors (Lipinski definition) is 2. The van der Waals surface area contributed by atoms with E-state index in [-0.39, 0.29) is 11.9 Å². The molecular weight excluding hydrogens is 268 g/mol. The van der Waals surface area contributed by atoms with E-state index in [1.165, 1.54) is 0 Å². The standard InChI is InChI=1S/C16H18N2OS/c1-11(12-7-4-3-5-8-12)19-13-9-6-10-14(20-2)15(13)16(17)18/h3-11H,1-2H3,(H3,17,18). The van der Waals surface area contributed by atoms with Crippen molar-refractivity contribution in [1.82, 2.24) is 0 Å². The van der Waals surface area contributed by atoms with Crippen molar-refractivity contribution >= 4 is 17.6 Å². The zero-order valence-electron chi connectivity index (χ0n) is 11.6. The highest BCUT2D eigenvalue weighted by molar-refractivity contribution is 7.98. The zero-order valence-corrected chi connectivity index (χ0v) is 12.4. The van der Waals surface area contributed by atoms with Crippen LogP contribution in [0, 0.1) is 5.41 Å². The minimum Gasteiger partial charge on any atom is -0.485 e. The van der Waals surface area contributed by atoms with Crippen LogP contribution in [0.5, 0.6) is 5.75 Å². The summed E-state index contributed by atoms with van der Waals surface area (Å²) in [4.78, 5) is 0.954. The van der Waals surface area contributed by atoms with E-state index in [2.05, 4.69) is 0 Å². The SMILES string of the molecule is CSc1cccc(OC(C)c2ccccc2)c1C(=N)N. The molecule has 104 valence electrons. The molecule has 3 N–H and O–H groups in total. The lowest BCUT2D eigenvalue weighted by molar-refractivity contribution is 0.226. The Hall–Kier alpha value is -1.94. The predicted octanol–water partition coefficient (Wildman–Crippen LogP) is 3.83. The molecule has 0 aliphatic heterocycles. The van der Waals surface area contributed by atoms with Crippen LogP contribution in [0.25, 0.3) is 0 Å². The lowest BCUT2D eigenvalue weighted by atomic mass is 10.1. The average Bonchev–Trinajstić information content (AvgIpc) is 2.47. The fourth-order valence-electron chi connectivity index (χ4n) is 2.03. The van der Waals surface area contributed by atoms with E-state index < -0.39 is 0 Å². The van der Waals surface area contributed by atoms with Gasteiger partial charge in [0.15, 0.2) is 0 Å². The van der Waals surface area contributed by atoms with Crippen LogP contribution in [0.2, 0.25) is 0 Å². The second-order valence-electron chi connectivity index (χ2n) is 4.42. The van der Waals surface area contributed by atoms with Crippen molar-refractivity contribution in [2.24, 2.45) is 5.73 Å². The maximum atomic E-state index is 7.75. The largest absolute Gasteiger partial charge is 0.485 e. The summed E-state index contributed by atoms with van der Waals surface area (Å²) >= 11 is 1.56. The van der Waals surface area contributed by atoms with Crippen LogP contribution in [-0.4, -0.2) is 12.1 Å². The molecule has 0 saturated carbocycles. The Morgan fingerprint density at radius 2 is 1.85 bits per heavy atom. The number of nitrogen functional groups attached to an aromatic ring is 1. The van der Waals surface area contributed by atoms with Gasteiger partial charge >= 0.3 is 0 Å². The van der Waals surface area contributed by atoms with Crippen LogP contribution < -0.4 is 10.5 Å². The minimum absolute atomic E-state index is 0.0326. The number of nitrogens with two attached hydrogens (primary N) is 1. The van der Waals surface area contributed by atoms with Gasteiger partial charge in [-0.1, -0.05) is 36.4 Å². The first-order valence-electron chi connectivity index (χ1n) is 6.36. The Bertz CT molecular complexity index is 599. The van der Waals surface area contributed by atoms with Gasteiger partial charge in [0.05, 0.1) is 5.56 Å². The van der Waals surface area contributed by atoms with Gasteiger partial charge in [-0.05, 0) is 30.9 Å². The normalized spacial score (nSPS) is 11.9. The predicted molar refractivity (Wildman–Crippen MR) is 84.7 cm³/mol. The molecule has 0 aliphatic carbocycles. The molecule has 0 fully saturated rings. The molecule has 2 rings (SSSR count). The summed E-state index contributed by atoms with van der Waals surface area (Å²) in [5.41, 5.74) is 7.46. The Balaban J connectivity index is 2.32. The maximum absolute atomic E-state index is 7.75. The third kappa shape index (κ3) is 3.14. The molecule has 0 spiro atoms. The Labute approximate surface area is 123 Å². The summed E-state index contributed by atoms with van der Waals surface area (Å²) in [6, 6.07) is 15.7. The molecule has 2 aromatic rings. The van der Waals surface area contributed by atoms with E-state index in [0.717, 1.165) is 10.5 Å². The average molecular weight is 286 g/mol. The molecule has 20 heavy (non-hydrogen) atoms. The number of amidine groups is 1. The number of rotatable bonds is 5. The van der Waals surface area contributed by atoms with Crippen LogP contribution >= 0.6 is 11.8 Å². The fraction of sp³-hybridized carbons (Fsp3) is 0.188. The van der Waals surface area contributed by atoms with Crippen LogP contribution in [-0.2, 0) is 0 Å². The van der Waals surface area contributed by atoms with Crippen molar-refractivity contribution < 1.29 is 4.74 Å². The lowest BCUT2D eigenvalue weighted by Crippen LogP contribution is -2.15. The van der Waals surface area contributed by atoms with E-state index in [1.807, 2.05) is 61.7 Å². The first-order chi connectivity index (χ1) is 9.63. The highest BCUT2D eigenvalue weighted by Gasteiger charge is 2.15. The molecule has 0 heterocycles. The fourth-order valence-corrected chi connectivity index (χ4v) is 2.66. The number of ether oxygens (including phenoxy) is 1. The molecule has 3 nitrogen and oxygen atoms in total. The van der Waals surface area contributed by atoms with Crippen LogP contribution in [0.3, 0.4) is 0 Å². The van der Waals surface area contributed by atoms with Gasteiger partial charge in [-0.15, -0.1) is 11.8 Å². The van der Waals surface area contributed by atoms with Gasteiger partial charge in [0.2, 0.25) is 0 Å². The summed E-state index contributed by atoms with van der Waals surface area (Å²) in [6.07, 6.45) is 1.87. The molecule has 0 aliphatic rings. The van der Waals surface area contributed by atoms with E-state index in [4.69, 9.17) is 15.9 Å². The van der Waals surface area contributed by atoms with E-state index >= 15 is 0 Å². The summed E-state index contributed by atoms with van der Waals surface area (Å²) in [7, 11) is 0. The van der Waals surface area contributed by atoms with Gasteiger partial charge in [0.25, 0.3) is 0 Å². The third-order valence-corrected chi connectivity index (χ3v) is 3.83. The zero-order chi connectivity index (χ0) is 14.5. The topological polar surface area (TPSA) is 59.1 Å². The molecule has 1 unspecified atom stereocenters. The van der Waals surface area contributed by atoms with E-state index in [0.29, 0.717) is 11.3 Å². The van der Waals surface area contributed by atoms with Crippen LogP contribution in [0.4, 0.5) is 0 Å². The van der Waals surface area contributed by atoms with Crippen molar-refractivity contribution in [3.63, 3.8) is 0 Å². The summed E-state index contributed by atoms with van der Waals surface area (Å²) < 4.78 is 6.00. The van der Waals surface area contributed by atoms with Gasteiger partial charge in [-0.2, -0.15) is 0 Å². The smallest absolute Gasteiger partial charge is 0.132 e. The van der Waals surface area contributed by atoms with Gasteiger partial charge in [-0.25, -0.2) is 0 Å². The third-order valence-electron chi connectivity index (χ3n) is 3.05. The Morgan fingerprint density at radius 1 is 1.15 bits per heavy atom. The maximum Gasteiger partial charge on any atom is 0.132 e. The van der Waals surface area contributed by atoms with Crippen LogP contribution in [0.15, 0.2) is 53.4 Å². The van der Waals surface area contributed by atoms with Crippen molar-refractivity contribution in [2.75, 3.05) is 6.26 Å². The van der Waals surface area contributed by atoms with Crippen molar-refractivity contribution in [1.29, 1.82) is 5.41 Å². The first kappa shape index (κ1) is 14.5. The number of hydrogen-bond acceptors (Lipinski definition) is 3. The molecule has 0 aromatic heterocycles. The monoisotopic (exact) mass is 286 g/mol. The minimum atomic E-state index is -0.0913. The van der Waals surface area contributed by atoms with Crippen LogP contribution in [0.1, 0.15) is 24.2 Å². The number of thioether (sulfide) groups is 1. The second-order valence-corrected chi connectivity index (χ2v) is 5.27. The second kappa shape index (κ2) is 6.48. The summed E-state index contributed by atoms with van der Waals surface area (Å²) in [5, 5.41) is 7.75. The molecule has 2 aromatic carbocycles. The molecular formula is C16H18N2OS. The van der Waals surface area contributed by atoms with Gasteiger partial charge in [0.1, 0.15) is 17.7 Å². The van der Waals surface area contributed by atoms with Crippen molar-refractivity contribution in [2.45, 2.75) is 17.9 Å². The Morgan fingerprint density at radius 3 is 2.45 bits per heavy atom. The number of benzene rings is 2. The molecule has 4 heteroatoms. The van der Waals surface area contributed by atoms with Crippen molar-refractivity contribution in [3.8, 4) is 5.75 Å². The lowest BCUT2D eigenvalue weighted by Gasteiger charge is -2.19. The van der Waals surface area contributed by atoms with Gasteiger partial charge < -0.3 is 10.5 Å². The van der Waals surface area contributed by atoms with Gasteiger partial charge in [-0.3, -0.25) is 5.41 Å². The summed E-state index contributed by atoms with van der Waals surface area (Å²) in [6.45, 7) is 1.99. The quantitative estimate of drug-likeness (QED) is 0.499. The highest BCUT2D eigenvalue weighted by atomic mass is 32.2. The first-order valence-corrected chi connectivity index (χ1v) is 7.59. The van der Waals surface area contributed by atoms with E-state index in [1.54, 1.807) is 11.8 Å². The highest BCUT2D eigenvalue weighted by Crippen LogP contribution is 2.31. The number of nitrogens with one attached hydrogen (secondary N) is 1. The summed E-state index contributed by atoms with van der Waals surface area (Å²) in [5.74, 6) is 0.686. The van der Waals surface area contributed by atoms with Crippen molar-refractivity contribution in [3.05, 3.63) is 59.7 Å². The van der Waals surface area contributed by atoms with E-state index in [9.17, 15) is 0 Å². The molecule has 1 atom stereocenters. The molecule has 0 bridgehead atoms. The van der Waals surface area contributed by atoms with Gasteiger partial charge in [0, 0.05) is 4.90 Å². The molecule has 0 saturated heterocycles. The Kier molecular flexibility index (Phi) is 4.69. The molecule has 0 radical (unpaired) electrons. The molecule has 0 amide bonds.